The van der Waals surface area contributed by atoms with Gasteiger partial charge in [0.2, 0.25) is 0 Å². The molecule has 2 saturated heterocycles. The number of guanidine groups is 1. The Morgan fingerprint density at radius 3 is 2.52 bits per heavy atom. The first-order valence-electron chi connectivity index (χ1n) is 11.2. The maximum atomic E-state index is 6.11. The summed E-state index contributed by atoms with van der Waals surface area (Å²) in [6.45, 7) is 10.9. The second kappa shape index (κ2) is 10.2. The van der Waals surface area contributed by atoms with Crippen molar-refractivity contribution in [2.24, 2.45) is 4.99 Å². The van der Waals surface area contributed by atoms with Gasteiger partial charge < -0.3 is 24.6 Å². The van der Waals surface area contributed by atoms with Crippen LogP contribution in [0.2, 0.25) is 0 Å². The molecule has 1 N–H and O–H groups in total. The Kier molecular flexibility index (Phi) is 7.10. The third-order valence-corrected chi connectivity index (χ3v) is 6.11. The third kappa shape index (κ3) is 5.38. The molecule has 0 radical (unpaired) electrons. The van der Waals surface area contributed by atoms with E-state index < -0.39 is 0 Å². The van der Waals surface area contributed by atoms with E-state index in [0.29, 0.717) is 6.61 Å². The maximum absolute atomic E-state index is 6.11. The highest BCUT2D eigenvalue weighted by Gasteiger charge is 2.25. The number of anilines is 1. The van der Waals surface area contributed by atoms with E-state index in [4.69, 9.17) is 9.47 Å². The van der Waals surface area contributed by atoms with Gasteiger partial charge in [0, 0.05) is 38.9 Å². The number of morpholine rings is 2. The fourth-order valence-electron chi connectivity index (χ4n) is 4.38. The molecule has 1 unspecified atom stereocenters. The minimum atomic E-state index is 0.0701. The van der Waals surface area contributed by atoms with Crippen LogP contribution < -0.4 is 10.2 Å². The highest BCUT2D eigenvalue weighted by molar-refractivity contribution is 5.80. The number of nitrogens with zero attached hydrogens (tertiary/aromatic N) is 3. The zero-order valence-corrected chi connectivity index (χ0v) is 18.9. The Bertz CT molecular complexity index is 891. The van der Waals surface area contributed by atoms with E-state index in [1.807, 2.05) is 7.05 Å². The second-order valence-electron chi connectivity index (χ2n) is 8.33. The topological polar surface area (TPSA) is 49.3 Å². The lowest BCUT2D eigenvalue weighted by atomic mass is 10.00. The van der Waals surface area contributed by atoms with Crippen LogP contribution in [0.5, 0.6) is 0 Å². The van der Waals surface area contributed by atoms with Gasteiger partial charge in [0.05, 0.1) is 26.4 Å². The Morgan fingerprint density at radius 1 is 1.03 bits per heavy atom. The first-order chi connectivity index (χ1) is 15.1. The molecule has 0 amide bonds. The highest BCUT2D eigenvalue weighted by atomic mass is 16.5. The number of ether oxygens (including phenoxy) is 2. The molecule has 0 spiro atoms. The summed E-state index contributed by atoms with van der Waals surface area (Å²) in [5.41, 5.74) is 6.35. The highest BCUT2D eigenvalue weighted by Crippen LogP contribution is 2.26. The van der Waals surface area contributed by atoms with Crippen molar-refractivity contribution in [1.82, 2.24) is 10.2 Å². The van der Waals surface area contributed by atoms with E-state index in [1.165, 1.54) is 27.9 Å². The van der Waals surface area contributed by atoms with Crippen LogP contribution in [0.3, 0.4) is 0 Å². The summed E-state index contributed by atoms with van der Waals surface area (Å²) >= 11 is 0. The summed E-state index contributed by atoms with van der Waals surface area (Å²) < 4.78 is 11.6. The summed E-state index contributed by atoms with van der Waals surface area (Å²) in [7, 11) is 1.85. The molecule has 6 nitrogen and oxygen atoms in total. The molecule has 0 aliphatic carbocycles. The van der Waals surface area contributed by atoms with Gasteiger partial charge in [0.15, 0.2) is 5.96 Å². The summed E-state index contributed by atoms with van der Waals surface area (Å²) in [5, 5.41) is 3.54. The van der Waals surface area contributed by atoms with Gasteiger partial charge >= 0.3 is 0 Å². The molecule has 31 heavy (non-hydrogen) atoms. The van der Waals surface area contributed by atoms with Crippen LogP contribution in [0.1, 0.15) is 28.4 Å². The molecule has 6 heteroatoms. The lowest BCUT2D eigenvalue weighted by Crippen LogP contribution is -2.48. The molecule has 166 valence electrons. The van der Waals surface area contributed by atoms with E-state index >= 15 is 0 Å². The summed E-state index contributed by atoms with van der Waals surface area (Å²) in [6, 6.07) is 15.4. The zero-order valence-electron chi connectivity index (χ0n) is 18.9. The Morgan fingerprint density at radius 2 is 1.81 bits per heavy atom. The normalized spacial score (nSPS) is 20.1. The molecule has 2 aromatic rings. The van der Waals surface area contributed by atoms with Crippen LogP contribution in [-0.2, 0) is 16.0 Å². The lowest BCUT2D eigenvalue weighted by Gasteiger charge is -2.36. The van der Waals surface area contributed by atoms with Crippen molar-refractivity contribution in [3.63, 3.8) is 0 Å². The van der Waals surface area contributed by atoms with E-state index in [1.54, 1.807) is 0 Å². The van der Waals surface area contributed by atoms with Gasteiger partial charge in [-0.25, -0.2) is 0 Å². The van der Waals surface area contributed by atoms with Crippen molar-refractivity contribution in [2.75, 3.05) is 57.9 Å². The number of benzene rings is 2. The van der Waals surface area contributed by atoms with Crippen LogP contribution in [-0.4, -0.2) is 63.9 Å². The Hall–Kier alpha value is -2.57. The van der Waals surface area contributed by atoms with Crippen molar-refractivity contribution >= 4 is 11.6 Å². The fraction of sp³-hybridized carbons (Fsp3) is 0.480. The van der Waals surface area contributed by atoms with Crippen molar-refractivity contribution in [3.05, 3.63) is 64.7 Å². The van der Waals surface area contributed by atoms with E-state index in [2.05, 4.69) is 76.4 Å². The second-order valence-corrected chi connectivity index (χ2v) is 8.33. The average Bonchev–Trinajstić information content (AvgIpc) is 2.81. The predicted molar refractivity (Wildman–Crippen MR) is 126 cm³/mol. The van der Waals surface area contributed by atoms with Crippen LogP contribution in [0.25, 0.3) is 0 Å². The van der Waals surface area contributed by atoms with E-state index in [9.17, 15) is 0 Å². The molecule has 2 aliphatic rings. The fourth-order valence-corrected chi connectivity index (χ4v) is 4.38. The van der Waals surface area contributed by atoms with Gasteiger partial charge in [-0.1, -0.05) is 35.9 Å². The summed E-state index contributed by atoms with van der Waals surface area (Å²) in [5.74, 6) is 0.926. The standard InChI is InChI=1S/C25H34N4O2/c1-19-4-9-23(20(2)16-19)24-18-29(12-15-31-24)25(26-3)27-17-21-5-7-22(8-6-21)28-10-13-30-14-11-28/h4-9,16,24H,10-15,17-18H2,1-3H3,(H,26,27). The Labute approximate surface area is 185 Å². The van der Waals surface area contributed by atoms with Crippen molar-refractivity contribution in [3.8, 4) is 0 Å². The molecule has 0 aromatic heterocycles. The number of aliphatic imine (C=N–C) groups is 1. The molecule has 2 heterocycles. The minimum Gasteiger partial charge on any atom is -0.378 e. The number of hydrogen-bond acceptors (Lipinski definition) is 4. The quantitative estimate of drug-likeness (QED) is 0.605. The summed E-state index contributed by atoms with van der Waals surface area (Å²) in [4.78, 5) is 9.21. The smallest absolute Gasteiger partial charge is 0.194 e. The molecule has 4 rings (SSSR count). The van der Waals surface area contributed by atoms with Gasteiger partial charge in [-0.05, 0) is 42.7 Å². The number of aryl methyl sites for hydroxylation is 2. The maximum Gasteiger partial charge on any atom is 0.194 e. The minimum absolute atomic E-state index is 0.0701. The van der Waals surface area contributed by atoms with Crippen molar-refractivity contribution < 1.29 is 9.47 Å². The lowest BCUT2D eigenvalue weighted by molar-refractivity contribution is -0.00834. The molecule has 2 aliphatic heterocycles. The van der Waals surface area contributed by atoms with Crippen LogP contribution in [0.4, 0.5) is 5.69 Å². The molecule has 2 aromatic carbocycles. The largest absolute Gasteiger partial charge is 0.378 e. The van der Waals surface area contributed by atoms with E-state index in [0.717, 1.165) is 51.9 Å². The van der Waals surface area contributed by atoms with Crippen molar-refractivity contribution in [1.29, 1.82) is 0 Å². The van der Waals surface area contributed by atoms with Gasteiger partial charge in [-0.3, -0.25) is 4.99 Å². The van der Waals surface area contributed by atoms with Crippen LogP contribution >= 0.6 is 0 Å². The van der Waals surface area contributed by atoms with E-state index in [-0.39, 0.29) is 6.10 Å². The zero-order chi connectivity index (χ0) is 21.6. The van der Waals surface area contributed by atoms with Gasteiger partial charge in [-0.15, -0.1) is 0 Å². The summed E-state index contributed by atoms with van der Waals surface area (Å²) in [6.07, 6.45) is 0.0701. The van der Waals surface area contributed by atoms with Gasteiger partial charge in [-0.2, -0.15) is 0 Å². The monoisotopic (exact) mass is 422 g/mol. The molecule has 2 fully saturated rings. The molecule has 0 saturated carbocycles. The van der Waals surface area contributed by atoms with Crippen LogP contribution in [0, 0.1) is 13.8 Å². The molecular formula is C25H34N4O2. The van der Waals surface area contributed by atoms with Crippen molar-refractivity contribution in [2.45, 2.75) is 26.5 Å². The first-order valence-corrected chi connectivity index (χ1v) is 11.2. The van der Waals surface area contributed by atoms with Crippen LogP contribution in [0.15, 0.2) is 47.5 Å². The van der Waals surface area contributed by atoms with Gasteiger partial charge in [0.1, 0.15) is 6.10 Å². The first kappa shape index (κ1) is 21.7. The third-order valence-electron chi connectivity index (χ3n) is 6.11. The van der Waals surface area contributed by atoms with Gasteiger partial charge in [0.25, 0.3) is 0 Å². The SMILES string of the molecule is CN=C(NCc1ccc(N2CCOCC2)cc1)N1CCOC(c2ccc(C)cc2C)C1. The molecule has 0 bridgehead atoms. The molecule has 1 atom stereocenters. The average molecular weight is 423 g/mol. The Balaban J connectivity index is 1.35. The number of nitrogens with one attached hydrogen (secondary N) is 1. The molecular weight excluding hydrogens is 388 g/mol. The predicted octanol–water partition coefficient (Wildman–Crippen LogP) is 3.29. The number of hydrogen-bond donors (Lipinski definition) is 1. The number of rotatable bonds is 4.